The van der Waals surface area contributed by atoms with Gasteiger partial charge in [-0.05, 0) is 46.1 Å². The van der Waals surface area contributed by atoms with Crippen LogP contribution in [0.15, 0.2) is 27.7 Å². The lowest BCUT2D eigenvalue weighted by Gasteiger charge is -2.12. The molecular weight excluding hydrogens is 300 g/mol. The molecule has 0 aliphatic rings. The Kier molecular flexibility index (Phi) is 6.41. The van der Waals surface area contributed by atoms with E-state index in [4.69, 9.17) is 4.52 Å². The van der Waals surface area contributed by atoms with Crippen molar-refractivity contribution in [3.63, 3.8) is 0 Å². The molecule has 24 heavy (non-hydrogen) atoms. The molecule has 2 aromatic rings. The monoisotopic (exact) mass is 328 g/mol. The van der Waals surface area contributed by atoms with E-state index in [0.29, 0.717) is 0 Å². The number of benzene rings is 1. The quantitative estimate of drug-likeness (QED) is 0.632. The number of nitrogens with one attached hydrogen (secondary N) is 2. The summed E-state index contributed by atoms with van der Waals surface area (Å²) in [6.45, 7) is 9.85. The van der Waals surface area contributed by atoms with Gasteiger partial charge in [0.25, 0.3) is 0 Å². The van der Waals surface area contributed by atoms with Gasteiger partial charge in [-0.15, -0.1) is 0 Å². The van der Waals surface area contributed by atoms with Crippen molar-refractivity contribution in [2.24, 2.45) is 4.99 Å². The van der Waals surface area contributed by atoms with E-state index in [1.807, 2.05) is 13.8 Å². The largest absolute Gasteiger partial charge is 0.361 e. The van der Waals surface area contributed by atoms with Gasteiger partial charge in [-0.2, -0.15) is 0 Å². The lowest BCUT2D eigenvalue weighted by atomic mass is 10.1. The third-order valence-corrected chi connectivity index (χ3v) is 4.06. The number of aryl methyl sites for hydroxylation is 4. The number of aliphatic imine (C=N–C) groups is 1. The molecule has 5 nitrogen and oxygen atoms in total. The van der Waals surface area contributed by atoms with Gasteiger partial charge in [0.1, 0.15) is 5.76 Å². The van der Waals surface area contributed by atoms with E-state index in [9.17, 15) is 0 Å². The Hall–Kier alpha value is -2.30. The highest BCUT2D eigenvalue weighted by atomic mass is 16.5. The van der Waals surface area contributed by atoms with E-state index in [-0.39, 0.29) is 0 Å². The minimum absolute atomic E-state index is 0.798. The summed E-state index contributed by atoms with van der Waals surface area (Å²) < 4.78 is 5.19. The van der Waals surface area contributed by atoms with Crippen LogP contribution < -0.4 is 10.6 Å². The van der Waals surface area contributed by atoms with Crippen LogP contribution in [0.5, 0.6) is 0 Å². The molecule has 1 aromatic carbocycles. The lowest BCUT2D eigenvalue weighted by molar-refractivity contribution is 0.392. The number of rotatable bonds is 6. The molecule has 2 N–H and O–H groups in total. The molecule has 5 heteroatoms. The van der Waals surface area contributed by atoms with E-state index in [2.05, 4.69) is 52.8 Å². The predicted molar refractivity (Wildman–Crippen MR) is 98.7 cm³/mol. The Balaban J connectivity index is 1.76. The van der Waals surface area contributed by atoms with Gasteiger partial charge in [0, 0.05) is 25.7 Å². The number of guanidine groups is 1. The van der Waals surface area contributed by atoms with Crippen molar-refractivity contribution in [3.05, 3.63) is 51.9 Å². The van der Waals surface area contributed by atoms with Crippen molar-refractivity contribution < 1.29 is 4.52 Å². The highest BCUT2D eigenvalue weighted by Crippen LogP contribution is 2.12. The Morgan fingerprint density at radius 2 is 1.62 bits per heavy atom. The molecular formula is C19H28N4O. The minimum atomic E-state index is 0.798. The maximum absolute atomic E-state index is 5.19. The first-order valence-corrected chi connectivity index (χ1v) is 8.43. The van der Waals surface area contributed by atoms with Crippen molar-refractivity contribution in [1.29, 1.82) is 0 Å². The molecule has 0 saturated heterocycles. The van der Waals surface area contributed by atoms with Gasteiger partial charge in [0.2, 0.25) is 0 Å². The van der Waals surface area contributed by atoms with Crippen LogP contribution in [0.4, 0.5) is 0 Å². The molecule has 0 radical (unpaired) electrons. The summed E-state index contributed by atoms with van der Waals surface area (Å²) in [5.74, 6) is 1.72. The van der Waals surface area contributed by atoms with Crippen LogP contribution in [0.2, 0.25) is 0 Å². The maximum atomic E-state index is 5.19. The third-order valence-electron chi connectivity index (χ3n) is 4.06. The van der Waals surface area contributed by atoms with Crippen molar-refractivity contribution in [3.8, 4) is 0 Å². The van der Waals surface area contributed by atoms with Gasteiger partial charge in [-0.3, -0.25) is 4.99 Å². The summed E-state index contributed by atoms with van der Waals surface area (Å²) >= 11 is 0. The molecule has 0 spiro atoms. The van der Waals surface area contributed by atoms with Crippen molar-refractivity contribution in [2.75, 3.05) is 20.1 Å². The van der Waals surface area contributed by atoms with Gasteiger partial charge in [0.05, 0.1) is 5.69 Å². The van der Waals surface area contributed by atoms with Gasteiger partial charge in [-0.1, -0.05) is 34.5 Å². The van der Waals surface area contributed by atoms with E-state index in [1.165, 1.54) is 22.3 Å². The first-order chi connectivity index (χ1) is 11.5. The summed E-state index contributed by atoms with van der Waals surface area (Å²) in [4.78, 5) is 4.27. The van der Waals surface area contributed by atoms with Crippen LogP contribution in [0.25, 0.3) is 0 Å². The Morgan fingerprint density at radius 1 is 1.00 bits per heavy atom. The van der Waals surface area contributed by atoms with Crippen molar-refractivity contribution in [1.82, 2.24) is 15.8 Å². The zero-order chi connectivity index (χ0) is 17.5. The summed E-state index contributed by atoms with van der Waals surface area (Å²) in [6, 6.07) is 6.68. The average Bonchev–Trinajstić information content (AvgIpc) is 2.84. The maximum Gasteiger partial charge on any atom is 0.190 e. The van der Waals surface area contributed by atoms with Crippen LogP contribution in [-0.2, 0) is 12.8 Å². The first-order valence-electron chi connectivity index (χ1n) is 8.43. The zero-order valence-corrected chi connectivity index (χ0v) is 15.4. The highest BCUT2D eigenvalue weighted by molar-refractivity contribution is 5.79. The molecule has 1 aromatic heterocycles. The molecule has 130 valence electrons. The molecule has 1 heterocycles. The second-order valence-electron chi connectivity index (χ2n) is 6.22. The lowest BCUT2D eigenvalue weighted by Crippen LogP contribution is -2.39. The van der Waals surface area contributed by atoms with Crippen molar-refractivity contribution in [2.45, 2.75) is 40.5 Å². The van der Waals surface area contributed by atoms with Crippen LogP contribution in [0, 0.1) is 27.7 Å². The second-order valence-corrected chi connectivity index (χ2v) is 6.22. The van der Waals surface area contributed by atoms with E-state index in [0.717, 1.165) is 43.3 Å². The third kappa shape index (κ3) is 5.11. The number of aromatic nitrogens is 1. The Bertz CT molecular complexity index is 664. The van der Waals surface area contributed by atoms with E-state index >= 15 is 0 Å². The second kappa shape index (κ2) is 8.52. The Morgan fingerprint density at radius 3 is 2.17 bits per heavy atom. The predicted octanol–water partition coefficient (Wildman–Crippen LogP) is 2.86. The summed E-state index contributed by atoms with van der Waals surface area (Å²) in [5.41, 5.74) is 6.12. The molecule has 0 bridgehead atoms. The molecule has 0 fully saturated rings. The van der Waals surface area contributed by atoms with Crippen molar-refractivity contribution >= 4 is 5.96 Å². The molecule has 0 aliphatic carbocycles. The van der Waals surface area contributed by atoms with Crippen LogP contribution in [0.3, 0.4) is 0 Å². The Labute approximate surface area is 144 Å². The molecule has 0 saturated carbocycles. The van der Waals surface area contributed by atoms with Gasteiger partial charge in [0.15, 0.2) is 5.96 Å². The fraction of sp³-hybridized carbons (Fsp3) is 0.474. The smallest absolute Gasteiger partial charge is 0.190 e. The molecule has 0 aliphatic heterocycles. The zero-order valence-electron chi connectivity index (χ0n) is 15.4. The normalized spacial score (nSPS) is 11.6. The summed E-state index contributed by atoms with van der Waals surface area (Å²) in [5, 5.41) is 10.7. The molecule has 0 atom stereocenters. The van der Waals surface area contributed by atoms with E-state index < -0.39 is 0 Å². The molecule has 2 rings (SSSR count). The average molecular weight is 328 g/mol. The number of hydrogen-bond donors (Lipinski definition) is 2. The van der Waals surface area contributed by atoms with Crippen LogP contribution in [0.1, 0.15) is 33.7 Å². The first kappa shape index (κ1) is 18.0. The molecule has 0 amide bonds. The SMILES string of the molecule is CN=C(NCCc1cc(C)cc(C)c1)NCCc1c(C)noc1C. The number of nitrogens with zero attached hydrogens (tertiary/aromatic N) is 2. The summed E-state index contributed by atoms with van der Waals surface area (Å²) in [6.07, 6.45) is 1.85. The topological polar surface area (TPSA) is 62.5 Å². The summed E-state index contributed by atoms with van der Waals surface area (Å²) in [7, 11) is 1.79. The molecule has 0 unspecified atom stereocenters. The minimum Gasteiger partial charge on any atom is -0.361 e. The fourth-order valence-corrected chi connectivity index (χ4v) is 2.92. The van der Waals surface area contributed by atoms with Gasteiger partial charge >= 0.3 is 0 Å². The van der Waals surface area contributed by atoms with Gasteiger partial charge < -0.3 is 15.2 Å². The van der Waals surface area contributed by atoms with Crippen LogP contribution in [-0.4, -0.2) is 31.3 Å². The fourth-order valence-electron chi connectivity index (χ4n) is 2.92. The van der Waals surface area contributed by atoms with E-state index in [1.54, 1.807) is 7.05 Å². The standard InChI is InChI=1S/C19H28N4O/c1-13-10-14(2)12-17(11-13)6-8-21-19(20-5)22-9-7-18-15(3)23-24-16(18)4/h10-12H,6-9H2,1-5H3,(H2,20,21,22). The van der Waals surface area contributed by atoms with Gasteiger partial charge in [-0.25, -0.2) is 0 Å². The van der Waals surface area contributed by atoms with Crippen LogP contribution >= 0.6 is 0 Å². The number of hydrogen-bond acceptors (Lipinski definition) is 3. The highest BCUT2D eigenvalue weighted by Gasteiger charge is 2.08.